The van der Waals surface area contributed by atoms with Gasteiger partial charge in [-0.25, -0.2) is 18.3 Å². The third-order valence-corrected chi connectivity index (χ3v) is 8.49. The largest absolute Gasteiger partial charge is 0.389 e. The molecule has 3 aromatic rings. The summed E-state index contributed by atoms with van der Waals surface area (Å²) in [6, 6.07) is 0.511. The second kappa shape index (κ2) is 11.5. The van der Waals surface area contributed by atoms with E-state index in [1.807, 2.05) is 0 Å². The summed E-state index contributed by atoms with van der Waals surface area (Å²) in [6.45, 7) is 0.638. The highest BCUT2D eigenvalue weighted by atomic mass is 19.4. The average Bonchev–Trinajstić information content (AvgIpc) is 3.87. The third-order valence-electron chi connectivity index (χ3n) is 8.49. The minimum Gasteiger partial charge on any atom is -0.349 e. The highest BCUT2D eigenvalue weighted by Crippen LogP contribution is 2.43. The summed E-state index contributed by atoms with van der Waals surface area (Å²) in [5, 5.41) is 18.6. The number of aromatic nitrogens is 6. The summed E-state index contributed by atoms with van der Waals surface area (Å²) in [5.41, 5.74) is 1.58. The van der Waals surface area contributed by atoms with Gasteiger partial charge in [0.1, 0.15) is 0 Å². The number of alkyl halides is 5. The molecule has 2 atom stereocenters. The van der Waals surface area contributed by atoms with Crippen molar-refractivity contribution < 1.29 is 31.5 Å². The van der Waals surface area contributed by atoms with Crippen LogP contribution in [0.3, 0.4) is 0 Å². The Labute approximate surface area is 243 Å². The molecule has 2 amide bonds. The second-order valence-corrected chi connectivity index (χ2v) is 12.1. The molecule has 3 fully saturated rings. The Morgan fingerprint density at radius 1 is 0.977 bits per heavy atom. The molecule has 232 valence electrons. The molecule has 3 aromatic heterocycles. The van der Waals surface area contributed by atoms with Crippen molar-refractivity contribution in [2.75, 3.05) is 0 Å². The molecule has 3 aliphatic rings. The summed E-state index contributed by atoms with van der Waals surface area (Å²) in [6.07, 6.45) is 1.91. The summed E-state index contributed by atoms with van der Waals surface area (Å²) < 4.78 is 67.4. The minimum atomic E-state index is -4.42. The lowest BCUT2D eigenvalue weighted by molar-refractivity contribution is -0.144. The number of carbonyl (C=O) groups excluding carboxylic acids is 2. The van der Waals surface area contributed by atoms with E-state index in [-0.39, 0.29) is 43.2 Å². The first-order chi connectivity index (χ1) is 20.4. The summed E-state index contributed by atoms with van der Waals surface area (Å²) in [7, 11) is 0. The number of fused-ring (bicyclic) bond motifs is 1. The maximum atomic E-state index is 14.0. The van der Waals surface area contributed by atoms with Gasteiger partial charge >= 0.3 is 6.18 Å². The van der Waals surface area contributed by atoms with E-state index in [4.69, 9.17) is 4.98 Å². The Bertz CT molecular complexity index is 1470. The van der Waals surface area contributed by atoms with Crippen molar-refractivity contribution in [2.45, 2.75) is 94.9 Å². The fourth-order valence-electron chi connectivity index (χ4n) is 5.70. The number of amides is 2. The third kappa shape index (κ3) is 7.47. The van der Waals surface area contributed by atoms with E-state index in [0.29, 0.717) is 29.4 Å². The van der Waals surface area contributed by atoms with Crippen molar-refractivity contribution in [2.24, 2.45) is 17.8 Å². The first-order valence-electron chi connectivity index (χ1n) is 14.7. The lowest BCUT2D eigenvalue weighted by Crippen LogP contribution is -2.37. The SMILES string of the molecule is O=C(CCC(F)(F)F)NC(c1cnn2cc([C@@H](NC(=O)c3cnn(CC4CC4)n3)C3CCC(F)(F)CC3)nc2c1)C1CC1. The molecule has 0 aromatic carbocycles. The van der Waals surface area contributed by atoms with Gasteiger partial charge in [0.2, 0.25) is 11.8 Å². The zero-order valence-electron chi connectivity index (χ0n) is 23.4. The maximum absolute atomic E-state index is 14.0. The van der Waals surface area contributed by atoms with Gasteiger partial charge in [0, 0.05) is 19.3 Å². The quantitative estimate of drug-likeness (QED) is 0.298. The summed E-state index contributed by atoms with van der Waals surface area (Å²) in [4.78, 5) is 31.7. The Kier molecular flexibility index (Phi) is 7.84. The van der Waals surface area contributed by atoms with Crippen LogP contribution in [-0.2, 0) is 11.3 Å². The summed E-state index contributed by atoms with van der Waals surface area (Å²) >= 11 is 0. The molecular formula is C28H33F5N8O2. The molecule has 3 aliphatic carbocycles. The van der Waals surface area contributed by atoms with E-state index < -0.39 is 48.8 Å². The molecule has 2 N–H and O–H groups in total. The average molecular weight is 609 g/mol. The van der Waals surface area contributed by atoms with Crippen LogP contribution in [0.5, 0.6) is 0 Å². The number of nitrogens with one attached hydrogen (secondary N) is 2. The van der Waals surface area contributed by atoms with Crippen LogP contribution in [0.4, 0.5) is 22.0 Å². The molecule has 43 heavy (non-hydrogen) atoms. The van der Waals surface area contributed by atoms with Crippen molar-refractivity contribution >= 4 is 17.5 Å². The lowest BCUT2D eigenvalue weighted by atomic mass is 9.81. The molecule has 0 aliphatic heterocycles. The molecule has 10 nitrogen and oxygen atoms in total. The zero-order chi connectivity index (χ0) is 30.4. The highest BCUT2D eigenvalue weighted by Gasteiger charge is 2.40. The molecule has 3 saturated carbocycles. The number of carbonyl (C=O) groups is 2. The van der Waals surface area contributed by atoms with Crippen molar-refractivity contribution in [3.05, 3.63) is 41.6 Å². The van der Waals surface area contributed by atoms with Crippen LogP contribution in [0.15, 0.2) is 24.7 Å². The van der Waals surface area contributed by atoms with Gasteiger partial charge < -0.3 is 10.6 Å². The number of rotatable bonds is 11. The molecule has 3 heterocycles. The molecular weight excluding hydrogens is 575 g/mol. The van der Waals surface area contributed by atoms with Gasteiger partial charge in [-0.15, -0.1) is 5.10 Å². The summed E-state index contributed by atoms with van der Waals surface area (Å²) in [5.74, 6) is -3.63. The van der Waals surface area contributed by atoms with Crippen LogP contribution in [0.25, 0.3) is 5.65 Å². The van der Waals surface area contributed by atoms with Crippen LogP contribution in [0, 0.1) is 17.8 Å². The normalized spacial score (nSPS) is 20.6. The number of halogens is 5. The van der Waals surface area contributed by atoms with Gasteiger partial charge in [0.05, 0.1) is 49.3 Å². The molecule has 0 saturated heterocycles. The van der Waals surface area contributed by atoms with Gasteiger partial charge in [0.25, 0.3) is 5.91 Å². The monoisotopic (exact) mass is 608 g/mol. The van der Waals surface area contributed by atoms with E-state index in [1.165, 1.54) is 15.5 Å². The van der Waals surface area contributed by atoms with Crippen LogP contribution in [-0.4, -0.2) is 53.5 Å². The smallest absolute Gasteiger partial charge is 0.349 e. The highest BCUT2D eigenvalue weighted by molar-refractivity contribution is 5.92. The van der Waals surface area contributed by atoms with Crippen molar-refractivity contribution in [1.29, 1.82) is 0 Å². The van der Waals surface area contributed by atoms with E-state index in [2.05, 4.69) is 25.9 Å². The Hall–Kier alpha value is -3.65. The van der Waals surface area contributed by atoms with Crippen LogP contribution in [0.2, 0.25) is 0 Å². The van der Waals surface area contributed by atoms with E-state index >= 15 is 0 Å². The standard InChI is InChI=1S/C28H33F5N8O2/c29-27(30)8-5-18(6-9-27)25(38-26(43)20-13-35-41(39-20)14-16-1-2-16)21-15-40-22(36-21)11-19(12-34-40)24(17-3-4-17)37-23(42)7-10-28(31,32)33/h11-13,15-18,24-25H,1-10,14H2,(H,37,42)(H,38,43)/t24?,25-/m0/s1. The van der Waals surface area contributed by atoms with E-state index in [1.54, 1.807) is 18.5 Å². The number of nitrogens with zero attached hydrogens (tertiary/aromatic N) is 6. The Balaban J connectivity index is 1.22. The number of hydrogen-bond acceptors (Lipinski definition) is 6. The lowest BCUT2D eigenvalue weighted by Gasteiger charge is -2.33. The number of imidazole rings is 1. The Morgan fingerprint density at radius 2 is 1.70 bits per heavy atom. The topological polar surface area (TPSA) is 119 Å². The predicted molar refractivity (Wildman–Crippen MR) is 142 cm³/mol. The molecule has 1 unspecified atom stereocenters. The number of hydrogen-bond donors (Lipinski definition) is 2. The second-order valence-electron chi connectivity index (χ2n) is 12.1. The molecule has 0 spiro atoms. The first kappa shape index (κ1) is 29.4. The van der Waals surface area contributed by atoms with Crippen LogP contribution < -0.4 is 10.6 Å². The molecule has 6 rings (SSSR count). The van der Waals surface area contributed by atoms with E-state index in [0.717, 1.165) is 25.7 Å². The van der Waals surface area contributed by atoms with Gasteiger partial charge in [0.15, 0.2) is 11.3 Å². The maximum Gasteiger partial charge on any atom is 0.389 e. The predicted octanol–water partition coefficient (Wildman–Crippen LogP) is 4.94. The van der Waals surface area contributed by atoms with Gasteiger partial charge in [-0.05, 0) is 67.9 Å². The Morgan fingerprint density at radius 3 is 2.37 bits per heavy atom. The van der Waals surface area contributed by atoms with Crippen LogP contribution in [0.1, 0.15) is 98.0 Å². The van der Waals surface area contributed by atoms with Crippen molar-refractivity contribution in [3.8, 4) is 0 Å². The van der Waals surface area contributed by atoms with Gasteiger partial charge in [-0.2, -0.15) is 28.2 Å². The molecule has 15 heteroatoms. The minimum absolute atomic E-state index is 0.0813. The fourth-order valence-corrected chi connectivity index (χ4v) is 5.70. The van der Waals surface area contributed by atoms with Crippen molar-refractivity contribution in [3.63, 3.8) is 0 Å². The van der Waals surface area contributed by atoms with Gasteiger partial charge in [-0.1, -0.05) is 0 Å². The van der Waals surface area contributed by atoms with Crippen molar-refractivity contribution in [1.82, 2.24) is 40.2 Å². The molecule has 0 bridgehead atoms. The van der Waals surface area contributed by atoms with Crippen LogP contribution >= 0.6 is 0 Å². The molecule has 0 radical (unpaired) electrons. The first-order valence-corrected chi connectivity index (χ1v) is 14.7. The fraction of sp³-hybridized carbons (Fsp3) is 0.643. The van der Waals surface area contributed by atoms with Gasteiger partial charge in [-0.3, -0.25) is 9.59 Å². The zero-order valence-corrected chi connectivity index (χ0v) is 23.4. The van der Waals surface area contributed by atoms with E-state index in [9.17, 15) is 31.5 Å².